The van der Waals surface area contributed by atoms with Gasteiger partial charge in [-0.05, 0) is 6.92 Å². The van der Waals surface area contributed by atoms with Gasteiger partial charge in [-0.15, -0.1) is 0 Å². The van der Waals surface area contributed by atoms with E-state index in [1.54, 1.807) is 0 Å². The van der Waals surface area contributed by atoms with Gasteiger partial charge in [-0.2, -0.15) is 13.2 Å². The van der Waals surface area contributed by atoms with E-state index in [4.69, 9.17) is 10.5 Å². The summed E-state index contributed by atoms with van der Waals surface area (Å²) in [6.07, 6.45) is -4.69. The molecule has 1 rings (SSSR count). The zero-order valence-corrected chi connectivity index (χ0v) is 9.01. The second kappa shape index (κ2) is 4.58. The molecule has 0 aromatic carbocycles. The number of amides is 1. The molecule has 7 heteroatoms. The third-order valence-corrected chi connectivity index (χ3v) is 2.70. The lowest BCUT2D eigenvalue weighted by molar-refractivity contribution is -0.270. The SMILES string of the molecule is CCOC1(C(F)(F)F)CCN(C(=O)CN)C1. The highest BCUT2D eigenvalue weighted by Crippen LogP contribution is 2.40. The van der Waals surface area contributed by atoms with Gasteiger partial charge in [0, 0.05) is 19.6 Å². The molecule has 2 N–H and O–H groups in total. The fraction of sp³-hybridized carbons (Fsp3) is 0.889. The standard InChI is InChI=1S/C9H15F3N2O2/c1-2-16-8(9(10,11)12)3-4-14(6-8)7(15)5-13/h2-6,13H2,1H3. The fourth-order valence-electron chi connectivity index (χ4n) is 1.83. The van der Waals surface area contributed by atoms with Gasteiger partial charge in [0.15, 0.2) is 5.60 Å². The van der Waals surface area contributed by atoms with Crippen LogP contribution >= 0.6 is 0 Å². The molecule has 1 amide bonds. The minimum absolute atomic E-state index is 0.0372. The molecule has 0 spiro atoms. The van der Waals surface area contributed by atoms with Gasteiger partial charge >= 0.3 is 6.18 Å². The molecule has 1 saturated heterocycles. The molecule has 1 heterocycles. The first kappa shape index (κ1) is 13.2. The molecule has 0 aliphatic carbocycles. The number of nitrogens with two attached hydrogens (primary N) is 1. The number of carbonyl (C=O) groups excluding carboxylic acids is 1. The second-order valence-corrected chi connectivity index (χ2v) is 3.69. The zero-order valence-electron chi connectivity index (χ0n) is 9.01. The van der Waals surface area contributed by atoms with E-state index in [1.807, 2.05) is 0 Å². The van der Waals surface area contributed by atoms with Crippen molar-refractivity contribution in [2.45, 2.75) is 25.1 Å². The van der Waals surface area contributed by atoms with Crippen LogP contribution in [0.4, 0.5) is 13.2 Å². The van der Waals surface area contributed by atoms with E-state index >= 15 is 0 Å². The summed E-state index contributed by atoms with van der Waals surface area (Å²) in [6, 6.07) is 0. The highest BCUT2D eigenvalue weighted by molar-refractivity contribution is 5.78. The molecule has 1 unspecified atom stereocenters. The van der Waals surface area contributed by atoms with Crippen molar-refractivity contribution in [2.24, 2.45) is 5.73 Å². The summed E-state index contributed by atoms with van der Waals surface area (Å²) < 4.78 is 43.4. The van der Waals surface area contributed by atoms with Crippen LogP contribution in [0.1, 0.15) is 13.3 Å². The van der Waals surface area contributed by atoms with Crippen molar-refractivity contribution >= 4 is 5.91 Å². The first-order chi connectivity index (χ1) is 7.36. The second-order valence-electron chi connectivity index (χ2n) is 3.69. The summed E-state index contributed by atoms with van der Waals surface area (Å²) >= 11 is 0. The summed E-state index contributed by atoms with van der Waals surface area (Å²) in [5.41, 5.74) is 2.89. The highest BCUT2D eigenvalue weighted by atomic mass is 19.4. The molecule has 0 radical (unpaired) electrons. The molecule has 1 atom stereocenters. The average molecular weight is 240 g/mol. The van der Waals surface area contributed by atoms with E-state index in [-0.39, 0.29) is 26.1 Å². The molecule has 16 heavy (non-hydrogen) atoms. The number of ether oxygens (including phenoxy) is 1. The molecule has 0 aromatic rings. The maximum Gasteiger partial charge on any atom is 0.419 e. The molecule has 94 valence electrons. The largest absolute Gasteiger partial charge is 0.419 e. The molecule has 4 nitrogen and oxygen atoms in total. The van der Waals surface area contributed by atoms with E-state index in [9.17, 15) is 18.0 Å². The number of nitrogens with zero attached hydrogens (tertiary/aromatic N) is 1. The molecule has 1 aliphatic rings. The minimum Gasteiger partial charge on any atom is -0.364 e. The van der Waals surface area contributed by atoms with Gasteiger partial charge in [0.2, 0.25) is 5.91 Å². The predicted molar refractivity (Wildman–Crippen MR) is 50.7 cm³/mol. The Morgan fingerprint density at radius 1 is 1.56 bits per heavy atom. The van der Waals surface area contributed by atoms with E-state index < -0.39 is 24.2 Å². The van der Waals surface area contributed by atoms with Crippen molar-refractivity contribution in [1.82, 2.24) is 4.90 Å². The van der Waals surface area contributed by atoms with Crippen molar-refractivity contribution in [3.05, 3.63) is 0 Å². The van der Waals surface area contributed by atoms with Gasteiger partial charge < -0.3 is 15.4 Å². The molecular weight excluding hydrogens is 225 g/mol. The minimum atomic E-state index is -4.47. The number of rotatable bonds is 3. The Hall–Kier alpha value is -0.820. The lowest BCUT2D eigenvalue weighted by Gasteiger charge is -2.31. The van der Waals surface area contributed by atoms with Crippen LogP contribution in [0, 0.1) is 0 Å². The van der Waals surface area contributed by atoms with E-state index in [0.29, 0.717) is 0 Å². The number of likely N-dealkylation sites (tertiary alicyclic amines) is 1. The number of hydrogen-bond donors (Lipinski definition) is 1. The van der Waals surface area contributed by atoms with Crippen molar-refractivity contribution in [3.8, 4) is 0 Å². The summed E-state index contributed by atoms with van der Waals surface area (Å²) in [4.78, 5) is 12.3. The predicted octanol–water partition coefficient (Wildman–Crippen LogP) is 0.515. The summed E-state index contributed by atoms with van der Waals surface area (Å²) in [5.74, 6) is -0.481. The third-order valence-electron chi connectivity index (χ3n) is 2.70. The maximum atomic E-state index is 12.8. The number of hydrogen-bond acceptors (Lipinski definition) is 3. The van der Waals surface area contributed by atoms with Gasteiger partial charge in [-0.3, -0.25) is 4.79 Å². The van der Waals surface area contributed by atoms with Crippen molar-refractivity contribution in [2.75, 3.05) is 26.2 Å². The normalized spacial score (nSPS) is 26.2. The topological polar surface area (TPSA) is 55.6 Å². The Morgan fingerprint density at radius 2 is 2.19 bits per heavy atom. The summed E-state index contributed by atoms with van der Waals surface area (Å²) in [6.45, 7) is 0.765. The smallest absolute Gasteiger partial charge is 0.364 e. The van der Waals surface area contributed by atoms with Crippen LogP contribution in [0.15, 0.2) is 0 Å². The molecule has 1 aliphatic heterocycles. The maximum absolute atomic E-state index is 12.8. The number of halogens is 3. The van der Waals surface area contributed by atoms with Crippen molar-refractivity contribution in [1.29, 1.82) is 0 Å². The molecule has 0 aromatic heterocycles. The van der Waals surface area contributed by atoms with Crippen LogP contribution in [-0.2, 0) is 9.53 Å². The van der Waals surface area contributed by atoms with Gasteiger partial charge in [-0.1, -0.05) is 0 Å². The van der Waals surface area contributed by atoms with Gasteiger partial charge in [0.1, 0.15) is 0 Å². The quantitative estimate of drug-likeness (QED) is 0.782. The van der Waals surface area contributed by atoms with Gasteiger partial charge in [0.05, 0.1) is 13.1 Å². The third kappa shape index (κ3) is 2.30. The molecule has 0 bridgehead atoms. The van der Waals surface area contributed by atoms with E-state index in [2.05, 4.69) is 0 Å². The molecule has 1 fully saturated rings. The molecular formula is C9H15F3N2O2. The van der Waals surface area contributed by atoms with Gasteiger partial charge in [0.25, 0.3) is 0 Å². The number of carbonyl (C=O) groups is 1. The summed E-state index contributed by atoms with van der Waals surface area (Å²) in [5, 5.41) is 0. The average Bonchev–Trinajstić information content (AvgIpc) is 2.62. The van der Waals surface area contributed by atoms with Crippen molar-refractivity contribution < 1.29 is 22.7 Å². The Bertz CT molecular complexity index is 270. The van der Waals surface area contributed by atoms with Crippen LogP contribution in [-0.4, -0.2) is 48.8 Å². The van der Waals surface area contributed by atoms with Crippen LogP contribution in [0.5, 0.6) is 0 Å². The zero-order chi connectivity index (χ0) is 12.4. The van der Waals surface area contributed by atoms with Crippen LogP contribution in [0.25, 0.3) is 0 Å². The van der Waals surface area contributed by atoms with Gasteiger partial charge in [-0.25, -0.2) is 0 Å². The lowest BCUT2D eigenvalue weighted by atomic mass is 10.0. The highest BCUT2D eigenvalue weighted by Gasteiger charge is 2.59. The van der Waals surface area contributed by atoms with E-state index in [1.165, 1.54) is 6.92 Å². The lowest BCUT2D eigenvalue weighted by Crippen LogP contribution is -2.50. The van der Waals surface area contributed by atoms with Crippen LogP contribution in [0.3, 0.4) is 0 Å². The Balaban J connectivity index is 2.80. The monoisotopic (exact) mass is 240 g/mol. The van der Waals surface area contributed by atoms with E-state index in [0.717, 1.165) is 4.90 Å². The first-order valence-electron chi connectivity index (χ1n) is 5.05. The van der Waals surface area contributed by atoms with Crippen LogP contribution in [0.2, 0.25) is 0 Å². The number of alkyl halides is 3. The molecule has 0 saturated carbocycles. The fourth-order valence-corrected chi connectivity index (χ4v) is 1.83. The Morgan fingerprint density at radius 3 is 2.62 bits per heavy atom. The first-order valence-corrected chi connectivity index (χ1v) is 5.05. The Labute approximate surface area is 91.5 Å². The Kier molecular flexibility index (Phi) is 3.80. The van der Waals surface area contributed by atoms with Crippen LogP contribution < -0.4 is 5.73 Å². The van der Waals surface area contributed by atoms with Crippen molar-refractivity contribution in [3.63, 3.8) is 0 Å². The summed E-state index contributed by atoms with van der Waals surface area (Å²) in [7, 11) is 0.